The molecule has 112 valence electrons. The van der Waals surface area contributed by atoms with Crippen molar-refractivity contribution in [3.8, 4) is 0 Å². The molecule has 0 heterocycles. The standard InChI is InChI=1S/C17H27ClN2/c1-3-10-20(13-14-7-8-14)11-9-17(19-2)15-5-4-6-16(18)12-15/h4-6,12,14,17,19H,3,7-11,13H2,1-2H3. The lowest BCUT2D eigenvalue weighted by molar-refractivity contribution is 0.249. The van der Waals surface area contributed by atoms with E-state index in [4.69, 9.17) is 11.6 Å². The van der Waals surface area contributed by atoms with E-state index in [-0.39, 0.29) is 0 Å². The zero-order valence-electron chi connectivity index (χ0n) is 12.7. The third kappa shape index (κ3) is 5.08. The maximum Gasteiger partial charge on any atom is 0.0409 e. The van der Waals surface area contributed by atoms with Gasteiger partial charge in [-0.3, -0.25) is 0 Å². The number of benzene rings is 1. The minimum Gasteiger partial charge on any atom is -0.313 e. The van der Waals surface area contributed by atoms with Crippen LogP contribution in [-0.4, -0.2) is 31.6 Å². The Morgan fingerprint density at radius 2 is 2.15 bits per heavy atom. The monoisotopic (exact) mass is 294 g/mol. The molecule has 0 spiro atoms. The van der Waals surface area contributed by atoms with Crippen molar-refractivity contribution in [2.45, 2.75) is 38.6 Å². The van der Waals surface area contributed by atoms with Crippen molar-refractivity contribution in [3.63, 3.8) is 0 Å². The second-order valence-corrected chi connectivity index (χ2v) is 6.37. The Hall–Kier alpha value is -0.570. The molecular weight excluding hydrogens is 268 g/mol. The predicted octanol–water partition coefficient (Wildman–Crippen LogP) is 4.11. The van der Waals surface area contributed by atoms with Crippen LogP contribution in [0.2, 0.25) is 5.02 Å². The predicted molar refractivity (Wildman–Crippen MR) is 87.3 cm³/mol. The molecule has 1 N–H and O–H groups in total. The Kier molecular flexibility index (Phi) is 6.34. The maximum absolute atomic E-state index is 6.10. The second kappa shape index (κ2) is 8.02. The molecule has 0 saturated heterocycles. The molecule has 3 heteroatoms. The van der Waals surface area contributed by atoms with Crippen LogP contribution in [-0.2, 0) is 0 Å². The van der Waals surface area contributed by atoms with Crippen LogP contribution >= 0.6 is 11.6 Å². The molecule has 1 aromatic rings. The smallest absolute Gasteiger partial charge is 0.0409 e. The molecule has 0 aliphatic heterocycles. The van der Waals surface area contributed by atoms with Gasteiger partial charge in [-0.25, -0.2) is 0 Å². The van der Waals surface area contributed by atoms with E-state index in [0.717, 1.165) is 17.4 Å². The largest absolute Gasteiger partial charge is 0.313 e. The van der Waals surface area contributed by atoms with E-state index in [1.807, 2.05) is 19.2 Å². The molecule has 2 rings (SSSR count). The highest BCUT2D eigenvalue weighted by atomic mass is 35.5. The molecule has 0 aromatic heterocycles. The topological polar surface area (TPSA) is 15.3 Å². The van der Waals surface area contributed by atoms with Crippen molar-refractivity contribution >= 4 is 11.6 Å². The van der Waals surface area contributed by atoms with Crippen LogP contribution in [0, 0.1) is 5.92 Å². The fraction of sp³-hybridized carbons (Fsp3) is 0.647. The highest BCUT2D eigenvalue weighted by Gasteiger charge is 2.24. The average Bonchev–Trinajstić information content (AvgIpc) is 3.23. The first-order valence-corrected chi connectivity index (χ1v) is 8.25. The molecule has 1 saturated carbocycles. The van der Waals surface area contributed by atoms with E-state index in [2.05, 4.69) is 29.3 Å². The normalized spacial score (nSPS) is 16.6. The van der Waals surface area contributed by atoms with Crippen LogP contribution in [0.3, 0.4) is 0 Å². The van der Waals surface area contributed by atoms with Gasteiger partial charge in [-0.1, -0.05) is 30.7 Å². The maximum atomic E-state index is 6.10. The molecule has 1 aromatic carbocycles. The Morgan fingerprint density at radius 1 is 1.35 bits per heavy atom. The summed E-state index contributed by atoms with van der Waals surface area (Å²) in [6.07, 6.45) is 5.26. The zero-order valence-corrected chi connectivity index (χ0v) is 13.5. The summed E-state index contributed by atoms with van der Waals surface area (Å²) >= 11 is 6.10. The van der Waals surface area contributed by atoms with Gasteiger partial charge in [0.1, 0.15) is 0 Å². The summed E-state index contributed by atoms with van der Waals surface area (Å²) in [5.74, 6) is 0.973. The summed E-state index contributed by atoms with van der Waals surface area (Å²) in [4.78, 5) is 2.63. The third-order valence-electron chi connectivity index (χ3n) is 4.09. The van der Waals surface area contributed by atoms with Crippen LogP contribution in [0.1, 0.15) is 44.2 Å². The third-order valence-corrected chi connectivity index (χ3v) is 4.32. The minimum atomic E-state index is 0.396. The van der Waals surface area contributed by atoms with E-state index in [0.29, 0.717) is 6.04 Å². The Morgan fingerprint density at radius 3 is 2.75 bits per heavy atom. The Bertz CT molecular complexity index is 404. The van der Waals surface area contributed by atoms with Gasteiger partial charge in [0.2, 0.25) is 0 Å². The molecule has 1 fully saturated rings. The summed E-state index contributed by atoms with van der Waals surface area (Å²) in [5, 5.41) is 4.25. The molecule has 2 nitrogen and oxygen atoms in total. The van der Waals surface area contributed by atoms with Gasteiger partial charge in [-0.15, -0.1) is 0 Å². The molecule has 1 aliphatic carbocycles. The SMILES string of the molecule is CCCN(CCC(NC)c1cccc(Cl)c1)CC1CC1. The van der Waals surface area contributed by atoms with Crippen LogP contribution in [0.5, 0.6) is 0 Å². The summed E-state index contributed by atoms with van der Waals surface area (Å²) in [7, 11) is 2.04. The molecular formula is C17H27ClN2. The molecule has 1 atom stereocenters. The van der Waals surface area contributed by atoms with Crippen molar-refractivity contribution in [1.82, 2.24) is 10.2 Å². The Labute approximate surface area is 128 Å². The van der Waals surface area contributed by atoms with Gasteiger partial charge < -0.3 is 10.2 Å². The van der Waals surface area contributed by atoms with E-state index in [1.165, 1.54) is 44.5 Å². The van der Waals surface area contributed by atoms with Gasteiger partial charge in [0.15, 0.2) is 0 Å². The number of nitrogens with zero attached hydrogens (tertiary/aromatic N) is 1. The van der Waals surface area contributed by atoms with Gasteiger partial charge in [-0.05, 0) is 69.4 Å². The van der Waals surface area contributed by atoms with Crippen LogP contribution in [0.15, 0.2) is 24.3 Å². The first kappa shape index (κ1) is 15.8. The highest BCUT2D eigenvalue weighted by Crippen LogP contribution is 2.30. The van der Waals surface area contributed by atoms with Crippen LogP contribution in [0.25, 0.3) is 0 Å². The van der Waals surface area contributed by atoms with Gasteiger partial charge >= 0.3 is 0 Å². The summed E-state index contributed by atoms with van der Waals surface area (Å²) in [6.45, 7) is 5.96. The van der Waals surface area contributed by atoms with Crippen LogP contribution < -0.4 is 5.32 Å². The fourth-order valence-corrected chi connectivity index (χ4v) is 2.99. The summed E-state index contributed by atoms with van der Waals surface area (Å²) in [6, 6.07) is 8.61. The quantitative estimate of drug-likeness (QED) is 0.737. The molecule has 0 bridgehead atoms. The molecule has 1 aliphatic rings. The number of nitrogens with one attached hydrogen (secondary N) is 1. The number of hydrogen-bond donors (Lipinski definition) is 1. The molecule has 20 heavy (non-hydrogen) atoms. The van der Waals surface area contributed by atoms with Crippen molar-refractivity contribution in [2.24, 2.45) is 5.92 Å². The molecule has 0 amide bonds. The minimum absolute atomic E-state index is 0.396. The van der Waals surface area contributed by atoms with E-state index in [9.17, 15) is 0 Å². The number of hydrogen-bond acceptors (Lipinski definition) is 2. The first-order chi connectivity index (χ1) is 9.72. The number of rotatable bonds is 9. The second-order valence-electron chi connectivity index (χ2n) is 5.93. The van der Waals surface area contributed by atoms with Gasteiger partial charge in [-0.2, -0.15) is 0 Å². The lowest BCUT2D eigenvalue weighted by Gasteiger charge is -2.25. The van der Waals surface area contributed by atoms with Crippen molar-refractivity contribution < 1.29 is 0 Å². The van der Waals surface area contributed by atoms with Crippen molar-refractivity contribution in [3.05, 3.63) is 34.9 Å². The Balaban J connectivity index is 1.87. The lowest BCUT2D eigenvalue weighted by Crippen LogP contribution is -2.31. The van der Waals surface area contributed by atoms with Gasteiger partial charge in [0.25, 0.3) is 0 Å². The fourth-order valence-electron chi connectivity index (χ4n) is 2.79. The van der Waals surface area contributed by atoms with Gasteiger partial charge in [0.05, 0.1) is 0 Å². The molecule has 0 radical (unpaired) electrons. The van der Waals surface area contributed by atoms with Gasteiger partial charge in [0, 0.05) is 17.6 Å². The molecule has 1 unspecified atom stereocenters. The van der Waals surface area contributed by atoms with E-state index in [1.54, 1.807) is 0 Å². The number of halogens is 1. The summed E-state index contributed by atoms with van der Waals surface area (Å²) < 4.78 is 0. The van der Waals surface area contributed by atoms with Crippen LogP contribution in [0.4, 0.5) is 0 Å². The zero-order chi connectivity index (χ0) is 14.4. The first-order valence-electron chi connectivity index (χ1n) is 7.88. The summed E-state index contributed by atoms with van der Waals surface area (Å²) in [5.41, 5.74) is 1.29. The van der Waals surface area contributed by atoms with E-state index < -0.39 is 0 Å². The van der Waals surface area contributed by atoms with E-state index >= 15 is 0 Å². The van der Waals surface area contributed by atoms with Crippen molar-refractivity contribution in [2.75, 3.05) is 26.7 Å². The lowest BCUT2D eigenvalue weighted by atomic mass is 10.0. The average molecular weight is 295 g/mol. The highest BCUT2D eigenvalue weighted by molar-refractivity contribution is 6.30. The van der Waals surface area contributed by atoms with Crippen molar-refractivity contribution in [1.29, 1.82) is 0 Å².